The van der Waals surface area contributed by atoms with Gasteiger partial charge in [0.1, 0.15) is 0 Å². The number of nitrogens with zero attached hydrogens (tertiary/aromatic N) is 3. The average Bonchev–Trinajstić information content (AvgIpc) is 3.38. The Morgan fingerprint density at radius 3 is 2.93 bits per heavy atom. The molecule has 29 heavy (non-hydrogen) atoms. The van der Waals surface area contributed by atoms with Gasteiger partial charge in [0.15, 0.2) is 5.65 Å². The lowest BCUT2D eigenvalue weighted by molar-refractivity contribution is -0.131. The van der Waals surface area contributed by atoms with Crippen LogP contribution in [0.4, 0.5) is 0 Å². The number of nitrogens with one attached hydrogen (secondary N) is 1. The van der Waals surface area contributed by atoms with Crippen molar-refractivity contribution in [2.75, 3.05) is 6.54 Å². The first-order chi connectivity index (χ1) is 14.1. The molecule has 8 heteroatoms. The Hall–Kier alpha value is -2.90. The molecule has 0 fully saturated rings. The van der Waals surface area contributed by atoms with Crippen LogP contribution < -0.4 is 5.56 Å². The van der Waals surface area contributed by atoms with Crippen LogP contribution in [-0.2, 0) is 24.2 Å². The number of carbonyl (C=O) groups is 1. The summed E-state index contributed by atoms with van der Waals surface area (Å²) in [6.45, 7) is 0.883. The molecule has 0 aliphatic carbocycles. The van der Waals surface area contributed by atoms with Gasteiger partial charge in [-0.25, -0.2) is 9.50 Å². The van der Waals surface area contributed by atoms with Gasteiger partial charge in [-0.05, 0) is 34.9 Å². The highest BCUT2D eigenvalue weighted by molar-refractivity contribution is 7.08. The van der Waals surface area contributed by atoms with Crippen LogP contribution in [0, 0.1) is 0 Å². The molecule has 1 amide bonds. The molecule has 0 bridgehead atoms. The van der Waals surface area contributed by atoms with E-state index in [9.17, 15) is 9.59 Å². The van der Waals surface area contributed by atoms with Crippen LogP contribution in [0.25, 0.3) is 16.9 Å². The first kappa shape index (κ1) is 18.1. The first-order valence-corrected chi connectivity index (χ1v) is 10.6. The fraction of sp³-hybridized carbons (Fsp3) is 0.190. The van der Waals surface area contributed by atoms with Gasteiger partial charge in [0.05, 0.1) is 24.4 Å². The normalized spacial score (nSPS) is 13.6. The standard InChI is InChI=1S/C21H17ClN4O2S/c22-16-4-2-1-3-14(16)17-10-19-23-18-11-25(20(27)9-13-6-8-29-12-13)7-5-15(18)21(28)26(19)24-17/h1-4,6,8,10,12,24H,5,7,9,11H2. The van der Waals surface area contributed by atoms with Crippen molar-refractivity contribution >= 4 is 34.5 Å². The summed E-state index contributed by atoms with van der Waals surface area (Å²) >= 11 is 7.88. The summed E-state index contributed by atoms with van der Waals surface area (Å²) in [5.74, 6) is 0.0573. The van der Waals surface area contributed by atoms with Crippen molar-refractivity contribution in [3.05, 3.63) is 79.4 Å². The van der Waals surface area contributed by atoms with E-state index in [-0.39, 0.29) is 11.5 Å². The Labute approximate surface area is 175 Å². The minimum absolute atomic E-state index is 0.0573. The van der Waals surface area contributed by atoms with Gasteiger partial charge in [-0.15, -0.1) is 0 Å². The van der Waals surface area contributed by atoms with Crippen molar-refractivity contribution in [1.82, 2.24) is 19.5 Å². The Kier molecular flexibility index (Phi) is 4.49. The van der Waals surface area contributed by atoms with Crippen LogP contribution in [0.2, 0.25) is 5.02 Å². The summed E-state index contributed by atoms with van der Waals surface area (Å²) in [6.07, 6.45) is 0.876. The molecule has 3 aromatic heterocycles. The zero-order valence-corrected chi connectivity index (χ0v) is 17.0. The number of benzene rings is 1. The van der Waals surface area contributed by atoms with E-state index in [1.54, 1.807) is 22.3 Å². The van der Waals surface area contributed by atoms with Gasteiger partial charge in [-0.3, -0.25) is 14.7 Å². The van der Waals surface area contributed by atoms with Crippen molar-refractivity contribution in [2.24, 2.45) is 0 Å². The van der Waals surface area contributed by atoms with Crippen molar-refractivity contribution in [3.8, 4) is 11.3 Å². The van der Waals surface area contributed by atoms with E-state index in [0.29, 0.717) is 47.9 Å². The predicted molar refractivity (Wildman–Crippen MR) is 113 cm³/mol. The molecule has 1 aliphatic heterocycles. The second-order valence-corrected chi connectivity index (χ2v) is 8.25. The van der Waals surface area contributed by atoms with Gasteiger partial charge in [0.2, 0.25) is 5.91 Å². The lowest BCUT2D eigenvalue weighted by Crippen LogP contribution is -2.40. The van der Waals surface area contributed by atoms with Crippen molar-refractivity contribution < 1.29 is 4.79 Å². The Balaban J connectivity index is 1.49. The second-order valence-electron chi connectivity index (χ2n) is 7.06. The Morgan fingerprint density at radius 1 is 1.28 bits per heavy atom. The summed E-state index contributed by atoms with van der Waals surface area (Å²) in [6, 6.07) is 11.2. The smallest absolute Gasteiger partial charge is 0.276 e. The van der Waals surface area contributed by atoms with E-state index in [0.717, 1.165) is 16.8 Å². The van der Waals surface area contributed by atoms with Crippen LogP contribution in [0.3, 0.4) is 0 Å². The van der Waals surface area contributed by atoms with Gasteiger partial charge in [0.25, 0.3) is 5.56 Å². The molecule has 0 atom stereocenters. The molecule has 4 heterocycles. The minimum atomic E-state index is -0.117. The third kappa shape index (κ3) is 3.26. The first-order valence-electron chi connectivity index (χ1n) is 9.27. The van der Waals surface area contributed by atoms with E-state index >= 15 is 0 Å². The molecule has 0 spiro atoms. The lowest BCUT2D eigenvalue weighted by Gasteiger charge is -2.27. The van der Waals surface area contributed by atoms with Crippen molar-refractivity contribution in [3.63, 3.8) is 0 Å². The van der Waals surface area contributed by atoms with Crippen LogP contribution in [-0.4, -0.2) is 31.9 Å². The molecular formula is C21H17ClN4O2S. The van der Waals surface area contributed by atoms with E-state index in [2.05, 4.69) is 10.1 Å². The number of carbonyl (C=O) groups excluding carboxylic acids is 1. The van der Waals surface area contributed by atoms with E-state index in [1.807, 2.05) is 41.1 Å². The van der Waals surface area contributed by atoms with Crippen LogP contribution in [0.5, 0.6) is 0 Å². The molecular weight excluding hydrogens is 408 g/mol. The highest BCUT2D eigenvalue weighted by atomic mass is 35.5. The summed E-state index contributed by atoms with van der Waals surface area (Å²) in [5, 5.41) is 7.67. The van der Waals surface area contributed by atoms with Crippen molar-refractivity contribution in [1.29, 1.82) is 0 Å². The average molecular weight is 425 g/mol. The number of hydrogen-bond acceptors (Lipinski definition) is 4. The maximum Gasteiger partial charge on any atom is 0.276 e. The van der Waals surface area contributed by atoms with Gasteiger partial charge in [0, 0.05) is 28.8 Å². The highest BCUT2D eigenvalue weighted by Gasteiger charge is 2.25. The van der Waals surface area contributed by atoms with Gasteiger partial charge < -0.3 is 4.90 Å². The fourth-order valence-corrected chi connectivity index (χ4v) is 4.61. The second kappa shape index (κ2) is 7.17. The maximum absolute atomic E-state index is 13.0. The molecule has 1 N–H and O–H groups in total. The number of hydrogen-bond donors (Lipinski definition) is 1. The third-order valence-corrected chi connectivity index (χ3v) is 6.28. The van der Waals surface area contributed by atoms with E-state index < -0.39 is 0 Å². The largest absolute Gasteiger partial charge is 0.336 e. The highest BCUT2D eigenvalue weighted by Crippen LogP contribution is 2.27. The molecule has 0 saturated heterocycles. The topological polar surface area (TPSA) is 70.5 Å². The monoisotopic (exact) mass is 424 g/mol. The van der Waals surface area contributed by atoms with Crippen molar-refractivity contribution in [2.45, 2.75) is 19.4 Å². The van der Waals surface area contributed by atoms with Crippen LogP contribution >= 0.6 is 22.9 Å². The summed E-state index contributed by atoms with van der Waals surface area (Å²) in [5.41, 5.74) is 4.30. The number of aromatic nitrogens is 3. The zero-order chi connectivity index (χ0) is 20.0. The number of halogens is 1. The third-order valence-electron chi connectivity index (χ3n) is 5.22. The number of rotatable bonds is 3. The quantitative estimate of drug-likeness (QED) is 0.547. The van der Waals surface area contributed by atoms with E-state index in [4.69, 9.17) is 11.6 Å². The molecule has 1 aromatic carbocycles. The summed E-state index contributed by atoms with van der Waals surface area (Å²) in [7, 11) is 0. The summed E-state index contributed by atoms with van der Waals surface area (Å²) in [4.78, 5) is 32.1. The maximum atomic E-state index is 13.0. The zero-order valence-electron chi connectivity index (χ0n) is 15.4. The Bertz CT molecular complexity index is 1280. The molecule has 5 rings (SSSR count). The number of aromatic amines is 1. The minimum Gasteiger partial charge on any atom is -0.336 e. The molecule has 0 unspecified atom stereocenters. The molecule has 0 saturated carbocycles. The number of thiophene rings is 1. The molecule has 1 aliphatic rings. The van der Waals surface area contributed by atoms with Crippen LogP contribution in [0.15, 0.2) is 52.0 Å². The number of fused-ring (bicyclic) bond motifs is 2. The molecule has 6 nitrogen and oxygen atoms in total. The Morgan fingerprint density at radius 2 is 2.14 bits per heavy atom. The van der Waals surface area contributed by atoms with Crippen LogP contribution in [0.1, 0.15) is 16.8 Å². The summed E-state index contributed by atoms with van der Waals surface area (Å²) < 4.78 is 1.46. The van der Waals surface area contributed by atoms with E-state index in [1.165, 1.54) is 4.52 Å². The van der Waals surface area contributed by atoms with Gasteiger partial charge in [-0.2, -0.15) is 11.3 Å². The number of amides is 1. The molecule has 146 valence electrons. The van der Waals surface area contributed by atoms with Gasteiger partial charge >= 0.3 is 0 Å². The SMILES string of the molecule is O=C(Cc1ccsc1)N1CCc2c(nc3cc(-c4ccccc4Cl)[nH]n3c2=O)C1. The number of H-pyrrole nitrogens is 1. The lowest BCUT2D eigenvalue weighted by atomic mass is 10.1. The molecule has 0 radical (unpaired) electrons. The predicted octanol–water partition coefficient (Wildman–Crippen LogP) is 3.53. The van der Waals surface area contributed by atoms with Gasteiger partial charge in [-0.1, -0.05) is 29.8 Å². The molecule has 4 aromatic rings. The fourth-order valence-electron chi connectivity index (χ4n) is 3.70.